The van der Waals surface area contributed by atoms with Crippen LogP contribution in [0.1, 0.15) is 32.1 Å². The molecule has 0 bridgehead atoms. The van der Waals surface area contributed by atoms with Gasteiger partial charge in [0.25, 0.3) is 5.91 Å². The van der Waals surface area contributed by atoms with Crippen molar-refractivity contribution in [1.29, 1.82) is 0 Å². The van der Waals surface area contributed by atoms with Gasteiger partial charge < -0.3 is 24.6 Å². The standard InChI is InChI=1S/C23H33N5O5/c1-32-16-20(29)26-23(24-17-8-10-18(33-2)11-9-17)25-19-7-3-4-14-28(22(19)31)15-21(30)27-12-5-6-13-27/h8-11,19H,3-7,12-16H2,1-2H3,(H2,24,25,26,29). The number of methoxy groups -OCH3 is 2. The summed E-state index contributed by atoms with van der Waals surface area (Å²) >= 11 is 0. The molecular formula is C23H33N5O5. The number of carbonyl (C=O) groups excluding carboxylic acids is 3. The molecule has 0 aliphatic carbocycles. The highest BCUT2D eigenvalue weighted by Crippen LogP contribution is 2.18. The fraction of sp³-hybridized carbons (Fsp3) is 0.565. The van der Waals surface area contributed by atoms with E-state index < -0.39 is 6.04 Å². The number of ether oxygens (including phenoxy) is 2. The second-order valence-electron chi connectivity index (χ2n) is 8.17. The van der Waals surface area contributed by atoms with Crippen LogP contribution in [0.5, 0.6) is 5.75 Å². The first-order valence-electron chi connectivity index (χ1n) is 11.3. The average molecular weight is 460 g/mol. The number of likely N-dealkylation sites (tertiary alicyclic amines) is 2. The second-order valence-corrected chi connectivity index (χ2v) is 8.17. The van der Waals surface area contributed by atoms with Gasteiger partial charge in [0.2, 0.25) is 17.8 Å². The van der Waals surface area contributed by atoms with Crippen LogP contribution in [0.25, 0.3) is 0 Å². The predicted octanol–water partition coefficient (Wildman–Crippen LogP) is 1.23. The summed E-state index contributed by atoms with van der Waals surface area (Å²) in [5, 5.41) is 5.75. The molecule has 3 rings (SSSR count). The summed E-state index contributed by atoms with van der Waals surface area (Å²) in [6.07, 6.45) is 4.17. The number of hydrogen-bond acceptors (Lipinski definition) is 6. The van der Waals surface area contributed by atoms with Gasteiger partial charge in [0.1, 0.15) is 18.4 Å². The molecule has 2 N–H and O–H groups in total. The number of aliphatic imine (C=N–C) groups is 1. The largest absolute Gasteiger partial charge is 0.497 e. The highest BCUT2D eigenvalue weighted by Gasteiger charge is 2.30. The molecular weight excluding hydrogens is 426 g/mol. The van der Waals surface area contributed by atoms with Crippen LogP contribution < -0.4 is 15.4 Å². The van der Waals surface area contributed by atoms with E-state index in [2.05, 4.69) is 15.6 Å². The van der Waals surface area contributed by atoms with Crippen LogP contribution in [0.2, 0.25) is 0 Å². The van der Waals surface area contributed by atoms with Crippen molar-refractivity contribution in [3.8, 4) is 5.75 Å². The van der Waals surface area contributed by atoms with Crippen molar-refractivity contribution >= 4 is 29.4 Å². The predicted molar refractivity (Wildman–Crippen MR) is 124 cm³/mol. The number of anilines is 1. The van der Waals surface area contributed by atoms with E-state index in [1.165, 1.54) is 7.11 Å². The Morgan fingerprint density at radius 1 is 1.06 bits per heavy atom. The van der Waals surface area contributed by atoms with Gasteiger partial charge in [-0.3, -0.25) is 19.7 Å². The zero-order valence-corrected chi connectivity index (χ0v) is 19.3. The van der Waals surface area contributed by atoms with Crippen molar-refractivity contribution in [3.05, 3.63) is 24.3 Å². The van der Waals surface area contributed by atoms with Gasteiger partial charge in [-0.15, -0.1) is 0 Å². The van der Waals surface area contributed by atoms with Crippen LogP contribution in [0.15, 0.2) is 29.3 Å². The Balaban J connectivity index is 1.75. The third kappa shape index (κ3) is 7.18. The molecule has 2 saturated heterocycles. The fourth-order valence-corrected chi connectivity index (χ4v) is 3.95. The monoisotopic (exact) mass is 459 g/mol. The fourth-order valence-electron chi connectivity index (χ4n) is 3.95. The van der Waals surface area contributed by atoms with Crippen molar-refractivity contribution in [1.82, 2.24) is 15.1 Å². The van der Waals surface area contributed by atoms with Crippen LogP contribution in [0.4, 0.5) is 5.69 Å². The summed E-state index contributed by atoms with van der Waals surface area (Å²) in [4.78, 5) is 46.0. The molecule has 1 unspecified atom stereocenters. The summed E-state index contributed by atoms with van der Waals surface area (Å²) in [6.45, 7) is 1.97. The zero-order valence-electron chi connectivity index (χ0n) is 19.3. The number of benzene rings is 1. The molecule has 1 aromatic carbocycles. The summed E-state index contributed by atoms with van der Waals surface area (Å²) in [5.74, 6) is 0.248. The van der Waals surface area contributed by atoms with Gasteiger partial charge in [0.15, 0.2) is 0 Å². The molecule has 33 heavy (non-hydrogen) atoms. The Kier molecular flexibility index (Phi) is 9.05. The smallest absolute Gasteiger partial charge is 0.252 e. The number of carbonyl (C=O) groups is 3. The minimum atomic E-state index is -0.692. The second kappa shape index (κ2) is 12.2. The van der Waals surface area contributed by atoms with E-state index >= 15 is 0 Å². The van der Waals surface area contributed by atoms with Crippen molar-refractivity contribution in [3.63, 3.8) is 0 Å². The number of guanidine groups is 1. The van der Waals surface area contributed by atoms with Crippen LogP contribution in [0, 0.1) is 0 Å². The molecule has 1 atom stereocenters. The van der Waals surface area contributed by atoms with E-state index in [0.717, 1.165) is 38.8 Å². The molecule has 10 heteroatoms. The molecule has 3 amide bonds. The van der Waals surface area contributed by atoms with Crippen molar-refractivity contribution in [2.45, 2.75) is 38.1 Å². The molecule has 0 radical (unpaired) electrons. The van der Waals surface area contributed by atoms with Crippen molar-refractivity contribution in [2.24, 2.45) is 4.99 Å². The minimum Gasteiger partial charge on any atom is -0.497 e. The average Bonchev–Trinajstić information content (AvgIpc) is 3.30. The van der Waals surface area contributed by atoms with Crippen LogP contribution >= 0.6 is 0 Å². The lowest BCUT2D eigenvalue weighted by Crippen LogP contribution is -2.46. The lowest BCUT2D eigenvalue weighted by molar-refractivity contribution is -0.140. The van der Waals surface area contributed by atoms with Crippen LogP contribution in [0.3, 0.4) is 0 Å². The van der Waals surface area contributed by atoms with E-state index in [-0.39, 0.29) is 36.8 Å². The van der Waals surface area contributed by atoms with Crippen molar-refractivity contribution in [2.75, 3.05) is 52.3 Å². The van der Waals surface area contributed by atoms with E-state index in [1.807, 2.05) is 4.90 Å². The molecule has 2 fully saturated rings. The third-order valence-electron chi connectivity index (χ3n) is 5.71. The maximum absolute atomic E-state index is 13.2. The van der Waals surface area contributed by atoms with E-state index in [4.69, 9.17) is 9.47 Å². The first-order valence-corrected chi connectivity index (χ1v) is 11.3. The highest BCUT2D eigenvalue weighted by atomic mass is 16.5. The van der Waals surface area contributed by atoms with Gasteiger partial charge in [-0.2, -0.15) is 0 Å². The molecule has 2 aliphatic heterocycles. The van der Waals surface area contributed by atoms with Crippen molar-refractivity contribution < 1.29 is 23.9 Å². The maximum atomic E-state index is 13.2. The Morgan fingerprint density at radius 3 is 2.42 bits per heavy atom. The van der Waals surface area contributed by atoms with Gasteiger partial charge in [-0.25, -0.2) is 4.99 Å². The molecule has 2 aliphatic rings. The number of hydrogen-bond donors (Lipinski definition) is 2. The van der Waals surface area contributed by atoms with Crippen LogP contribution in [-0.2, 0) is 19.1 Å². The SMILES string of the molecule is COCC(=O)NC(=NC1CCCCN(CC(=O)N2CCCC2)C1=O)Nc1ccc(OC)cc1. The molecule has 2 heterocycles. The number of nitrogens with one attached hydrogen (secondary N) is 2. The molecule has 0 spiro atoms. The van der Waals surface area contributed by atoms with Gasteiger partial charge in [-0.1, -0.05) is 0 Å². The molecule has 0 aromatic heterocycles. The quantitative estimate of drug-likeness (QED) is 0.469. The summed E-state index contributed by atoms with van der Waals surface area (Å²) < 4.78 is 10.1. The van der Waals surface area contributed by atoms with E-state index in [9.17, 15) is 14.4 Å². The molecule has 0 saturated carbocycles. The summed E-state index contributed by atoms with van der Waals surface area (Å²) in [7, 11) is 3.01. The van der Waals surface area contributed by atoms with Gasteiger partial charge in [0, 0.05) is 32.4 Å². The Labute approximate surface area is 194 Å². The summed E-state index contributed by atoms with van der Waals surface area (Å²) in [5.41, 5.74) is 0.675. The lowest BCUT2D eigenvalue weighted by Gasteiger charge is -2.25. The molecule has 180 valence electrons. The Bertz CT molecular complexity index is 851. The highest BCUT2D eigenvalue weighted by molar-refractivity contribution is 6.05. The molecule has 10 nitrogen and oxygen atoms in total. The first kappa shape index (κ1) is 24.5. The lowest BCUT2D eigenvalue weighted by atomic mass is 10.1. The van der Waals surface area contributed by atoms with Gasteiger partial charge >= 0.3 is 0 Å². The van der Waals surface area contributed by atoms with E-state index in [1.54, 1.807) is 36.3 Å². The number of amides is 3. The number of rotatable bonds is 7. The van der Waals surface area contributed by atoms with Gasteiger partial charge in [0.05, 0.1) is 13.7 Å². The Morgan fingerprint density at radius 2 is 1.76 bits per heavy atom. The maximum Gasteiger partial charge on any atom is 0.252 e. The minimum absolute atomic E-state index is 0.0181. The van der Waals surface area contributed by atoms with E-state index in [0.29, 0.717) is 24.4 Å². The zero-order chi connectivity index (χ0) is 23.6. The Hall–Kier alpha value is -3.14. The topological polar surface area (TPSA) is 113 Å². The number of nitrogens with zero attached hydrogens (tertiary/aromatic N) is 3. The van der Waals surface area contributed by atoms with Crippen LogP contribution in [-0.4, -0.2) is 86.5 Å². The summed E-state index contributed by atoms with van der Waals surface area (Å²) in [6, 6.07) is 6.43. The first-order chi connectivity index (χ1) is 16.0. The molecule has 1 aromatic rings. The normalized spacial score (nSPS) is 19.3. The third-order valence-corrected chi connectivity index (χ3v) is 5.71. The van der Waals surface area contributed by atoms with Gasteiger partial charge in [-0.05, 0) is 56.4 Å².